The van der Waals surface area contributed by atoms with Gasteiger partial charge in [0.05, 0.1) is 30.9 Å². The molecule has 10 nitrogen and oxygen atoms in total. The third kappa shape index (κ3) is 5.18. The Morgan fingerprint density at radius 1 is 1.08 bits per heavy atom. The maximum Gasteiger partial charge on any atom is 0.296 e. The molecule has 4 heterocycles. The maximum atomic E-state index is 14.5. The van der Waals surface area contributed by atoms with Gasteiger partial charge in [0.2, 0.25) is 5.88 Å². The first-order valence-electron chi connectivity index (χ1n) is 11.4. The third-order valence-corrected chi connectivity index (χ3v) is 6.06. The molecule has 3 aromatic rings. The molecule has 2 aliphatic heterocycles. The molecule has 0 spiro atoms. The number of hydrogen-bond donors (Lipinski definition) is 2. The fourth-order valence-corrected chi connectivity index (χ4v) is 4.24. The molecule has 36 heavy (non-hydrogen) atoms. The number of aromatic nitrogens is 3. The van der Waals surface area contributed by atoms with E-state index in [9.17, 15) is 13.9 Å². The number of pyridine rings is 1. The molecule has 4 atom stereocenters. The first-order valence-corrected chi connectivity index (χ1v) is 11.8. The average molecular weight is 528 g/mol. The van der Waals surface area contributed by atoms with Gasteiger partial charge in [0.25, 0.3) is 6.01 Å². The van der Waals surface area contributed by atoms with Gasteiger partial charge in [0.15, 0.2) is 11.8 Å². The second-order valence-corrected chi connectivity index (χ2v) is 8.61. The van der Waals surface area contributed by atoms with E-state index in [1.165, 1.54) is 6.07 Å². The zero-order chi connectivity index (χ0) is 25.2. The summed E-state index contributed by atoms with van der Waals surface area (Å²) in [7, 11) is 0. The minimum Gasteiger partial charge on any atom is -0.491 e. The lowest BCUT2D eigenvalue weighted by atomic mass is 10.1. The molecule has 0 aliphatic carbocycles. The van der Waals surface area contributed by atoms with Gasteiger partial charge in [-0.3, -0.25) is 0 Å². The lowest BCUT2D eigenvalue weighted by molar-refractivity contribution is 0.00706. The summed E-state index contributed by atoms with van der Waals surface area (Å²) in [6, 6.07) is 3.83. The number of ether oxygens (including phenoxy) is 6. The fraction of sp³-hybridized carbons (Fsp3) is 0.478. The third-order valence-electron chi connectivity index (χ3n) is 5.79. The number of benzene rings is 1. The van der Waals surface area contributed by atoms with Gasteiger partial charge in [0, 0.05) is 18.7 Å². The lowest BCUT2D eigenvalue weighted by Gasteiger charge is -2.15. The van der Waals surface area contributed by atoms with Gasteiger partial charge in [-0.25, -0.2) is 8.78 Å². The number of imidazole rings is 1. The predicted molar refractivity (Wildman–Crippen MR) is 121 cm³/mol. The molecule has 2 N–H and O–H groups in total. The predicted octanol–water partition coefficient (Wildman–Crippen LogP) is 2.79. The number of halogens is 3. The summed E-state index contributed by atoms with van der Waals surface area (Å²) in [4.78, 5) is 11.5. The molecule has 2 aromatic heterocycles. The molecule has 194 valence electrons. The highest BCUT2D eigenvalue weighted by atomic mass is 35.5. The molecule has 0 saturated carbocycles. The Balaban J connectivity index is 1.25. The molecule has 2 saturated heterocycles. The Hall–Kier alpha value is -2.77. The number of nitrogens with one attached hydrogen (secondary N) is 1. The van der Waals surface area contributed by atoms with Crippen molar-refractivity contribution in [1.82, 2.24) is 15.0 Å². The van der Waals surface area contributed by atoms with Crippen molar-refractivity contribution in [2.75, 3.05) is 33.0 Å². The Bertz CT molecular complexity index is 1210. The van der Waals surface area contributed by atoms with Crippen LogP contribution in [0.3, 0.4) is 0 Å². The molecule has 0 bridgehead atoms. The summed E-state index contributed by atoms with van der Waals surface area (Å²) in [5.74, 6) is -1.66. The van der Waals surface area contributed by atoms with Crippen LogP contribution >= 0.6 is 11.6 Å². The highest BCUT2D eigenvalue weighted by molar-refractivity contribution is 6.32. The van der Waals surface area contributed by atoms with Crippen molar-refractivity contribution in [2.45, 2.75) is 37.9 Å². The van der Waals surface area contributed by atoms with Crippen LogP contribution in [0.25, 0.3) is 11.2 Å². The van der Waals surface area contributed by atoms with Gasteiger partial charge >= 0.3 is 0 Å². The first-order chi connectivity index (χ1) is 17.4. The summed E-state index contributed by atoms with van der Waals surface area (Å²) in [5, 5.41) is 9.98. The van der Waals surface area contributed by atoms with Crippen LogP contribution in [0.4, 0.5) is 8.78 Å². The van der Waals surface area contributed by atoms with Crippen molar-refractivity contribution in [3.8, 4) is 17.6 Å². The zero-order valence-corrected chi connectivity index (χ0v) is 20.0. The second kappa shape index (κ2) is 10.7. The Kier molecular flexibility index (Phi) is 7.39. The summed E-state index contributed by atoms with van der Waals surface area (Å²) in [6.45, 7) is 2.80. The molecule has 1 aromatic carbocycles. The largest absolute Gasteiger partial charge is 0.491 e. The first kappa shape index (κ1) is 24.9. The topological polar surface area (TPSA) is 117 Å². The lowest BCUT2D eigenvalue weighted by Crippen LogP contribution is -2.34. The minimum absolute atomic E-state index is 0.0478. The molecule has 2 fully saturated rings. The standard InChI is InChI=1S/C23H24ClF2N3O7/c1-2-31-3-4-32-11-5-14(25)12(15(26)6-11)8-35-22-13(24)7-16-21(28-22)29-23(27-16)36-18-10-34-19-17(30)9-33-20(18)19/h5-7,17-20,30H,2-4,8-10H2,1H3,(H,27,28,29)/t17-,18-,19?,20-/m1/s1. The van der Waals surface area contributed by atoms with Crippen LogP contribution in [0.15, 0.2) is 18.2 Å². The number of hydrogen-bond acceptors (Lipinski definition) is 9. The van der Waals surface area contributed by atoms with Crippen molar-refractivity contribution >= 4 is 22.8 Å². The molecule has 5 rings (SSSR count). The highest BCUT2D eigenvalue weighted by Crippen LogP contribution is 2.32. The second-order valence-electron chi connectivity index (χ2n) is 8.21. The van der Waals surface area contributed by atoms with Crippen molar-refractivity contribution in [1.29, 1.82) is 0 Å². The number of fused-ring (bicyclic) bond motifs is 2. The SMILES string of the molecule is CCOCCOc1cc(F)c(COc2nc3nc(O[C@@H]4COC5[C@H](O)CO[C@@H]54)[nH]c3cc2Cl)c(F)c1. The van der Waals surface area contributed by atoms with Crippen LogP contribution in [0.5, 0.6) is 17.6 Å². The zero-order valence-electron chi connectivity index (χ0n) is 19.2. The molecule has 13 heteroatoms. The summed E-state index contributed by atoms with van der Waals surface area (Å²) in [6.07, 6.45) is -2.01. The van der Waals surface area contributed by atoms with Crippen LogP contribution < -0.4 is 14.2 Å². The molecular weight excluding hydrogens is 504 g/mol. The number of aromatic amines is 1. The Labute approximate surface area is 209 Å². The van der Waals surface area contributed by atoms with Gasteiger partial charge in [-0.1, -0.05) is 11.6 Å². The van der Waals surface area contributed by atoms with E-state index in [2.05, 4.69) is 15.0 Å². The number of aliphatic hydroxyl groups excluding tert-OH is 1. The van der Waals surface area contributed by atoms with E-state index in [0.717, 1.165) is 12.1 Å². The van der Waals surface area contributed by atoms with E-state index in [1.54, 1.807) is 0 Å². The van der Waals surface area contributed by atoms with Crippen molar-refractivity contribution < 1.29 is 42.3 Å². The summed E-state index contributed by atoms with van der Waals surface area (Å²) < 4.78 is 61.9. The Morgan fingerprint density at radius 3 is 2.64 bits per heavy atom. The van der Waals surface area contributed by atoms with E-state index >= 15 is 0 Å². The maximum absolute atomic E-state index is 14.5. The number of H-pyrrole nitrogens is 1. The van der Waals surface area contributed by atoms with E-state index in [-0.39, 0.29) is 53.7 Å². The fourth-order valence-electron chi connectivity index (χ4n) is 4.03. The van der Waals surface area contributed by atoms with E-state index in [1.807, 2.05) is 6.92 Å². The monoisotopic (exact) mass is 527 g/mol. The van der Waals surface area contributed by atoms with Crippen LogP contribution in [0, 0.1) is 11.6 Å². The van der Waals surface area contributed by atoms with Gasteiger partial charge < -0.3 is 38.5 Å². The molecule has 2 aliphatic rings. The normalized spacial score (nSPS) is 23.2. The van der Waals surface area contributed by atoms with Gasteiger partial charge in [-0.2, -0.15) is 9.97 Å². The highest BCUT2D eigenvalue weighted by Gasteiger charge is 2.48. The average Bonchev–Trinajstić information content (AvgIpc) is 3.53. The van der Waals surface area contributed by atoms with Crippen molar-refractivity contribution in [3.05, 3.63) is 40.4 Å². The van der Waals surface area contributed by atoms with Crippen molar-refractivity contribution in [3.63, 3.8) is 0 Å². The van der Waals surface area contributed by atoms with E-state index < -0.39 is 42.7 Å². The van der Waals surface area contributed by atoms with E-state index in [0.29, 0.717) is 18.7 Å². The molecular formula is C23H24ClF2N3O7. The molecule has 1 unspecified atom stereocenters. The Morgan fingerprint density at radius 2 is 1.86 bits per heavy atom. The molecule has 0 radical (unpaired) electrons. The van der Waals surface area contributed by atoms with Crippen molar-refractivity contribution in [2.24, 2.45) is 0 Å². The van der Waals surface area contributed by atoms with E-state index in [4.69, 9.17) is 40.0 Å². The van der Waals surface area contributed by atoms with Gasteiger partial charge in [0.1, 0.15) is 53.9 Å². The van der Waals surface area contributed by atoms with Crippen LogP contribution in [-0.4, -0.2) is 77.5 Å². The quantitative estimate of drug-likeness (QED) is 0.384. The summed E-state index contributed by atoms with van der Waals surface area (Å²) in [5.41, 5.74) is 0.396. The number of aliphatic hydroxyl groups is 1. The van der Waals surface area contributed by atoms with Crippen LogP contribution in [0.1, 0.15) is 12.5 Å². The number of nitrogens with zero attached hydrogens (tertiary/aromatic N) is 2. The summed E-state index contributed by atoms with van der Waals surface area (Å²) >= 11 is 6.26. The van der Waals surface area contributed by atoms with Gasteiger partial charge in [-0.15, -0.1) is 0 Å². The smallest absolute Gasteiger partial charge is 0.296 e. The molecule has 0 amide bonds. The van der Waals surface area contributed by atoms with Gasteiger partial charge in [-0.05, 0) is 13.0 Å². The van der Waals surface area contributed by atoms with Crippen LogP contribution in [0.2, 0.25) is 5.02 Å². The van der Waals surface area contributed by atoms with Crippen LogP contribution in [-0.2, 0) is 20.8 Å². The number of rotatable bonds is 10. The minimum atomic E-state index is -0.828.